The molecule has 98 valence electrons. The molecule has 1 aromatic heterocycles. The van der Waals surface area contributed by atoms with Crippen LogP contribution < -0.4 is 10.6 Å². The highest BCUT2D eigenvalue weighted by Crippen LogP contribution is 2.22. The van der Waals surface area contributed by atoms with E-state index >= 15 is 0 Å². The predicted molar refractivity (Wildman–Crippen MR) is 72.7 cm³/mol. The fourth-order valence-corrected chi connectivity index (χ4v) is 2.36. The maximum absolute atomic E-state index is 12.0. The lowest BCUT2D eigenvalue weighted by Gasteiger charge is -2.20. The number of nitrogens with zero attached hydrogens (tertiary/aromatic N) is 2. The smallest absolute Gasteiger partial charge is 0.246 e. The molecule has 0 atom stereocenters. The molecule has 0 fully saturated rings. The number of carbonyl (C=O) groups excluding carboxylic acids is 1. The lowest BCUT2D eigenvalue weighted by atomic mass is 9.99. The van der Waals surface area contributed by atoms with Crippen molar-refractivity contribution in [1.29, 1.82) is 0 Å². The minimum Gasteiger partial charge on any atom is -0.324 e. The van der Waals surface area contributed by atoms with E-state index < -0.39 is 0 Å². The minimum absolute atomic E-state index is 0.0531. The number of nitrogens with one attached hydrogen (secondary N) is 2. The summed E-state index contributed by atoms with van der Waals surface area (Å²) >= 11 is 0. The molecule has 0 saturated heterocycles. The van der Waals surface area contributed by atoms with Crippen LogP contribution in [-0.2, 0) is 24.3 Å². The van der Waals surface area contributed by atoms with Crippen LogP contribution in [0.3, 0.4) is 0 Å². The fourth-order valence-electron chi connectivity index (χ4n) is 2.36. The van der Waals surface area contributed by atoms with Crippen molar-refractivity contribution in [3.05, 3.63) is 47.8 Å². The Bertz CT molecular complexity index is 577. The van der Waals surface area contributed by atoms with Crippen LogP contribution in [0.4, 0.5) is 5.69 Å². The van der Waals surface area contributed by atoms with Gasteiger partial charge in [0.25, 0.3) is 0 Å². The van der Waals surface area contributed by atoms with Gasteiger partial charge in [-0.15, -0.1) is 0 Å². The first-order chi connectivity index (χ1) is 9.33. The van der Waals surface area contributed by atoms with Gasteiger partial charge >= 0.3 is 0 Å². The van der Waals surface area contributed by atoms with E-state index in [9.17, 15) is 4.79 Å². The number of rotatable bonds is 3. The van der Waals surface area contributed by atoms with E-state index in [1.807, 2.05) is 18.2 Å². The molecule has 1 amide bonds. The summed E-state index contributed by atoms with van der Waals surface area (Å²) in [5.41, 5.74) is 3.42. The Morgan fingerprint density at radius 2 is 2.37 bits per heavy atom. The summed E-state index contributed by atoms with van der Waals surface area (Å²) < 4.78 is 1.61. The number of carbonyl (C=O) groups is 1. The zero-order chi connectivity index (χ0) is 13.1. The zero-order valence-corrected chi connectivity index (χ0v) is 10.6. The Morgan fingerprint density at radius 1 is 1.42 bits per heavy atom. The van der Waals surface area contributed by atoms with E-state index in [4.69, 9.17) is 0 Å². The third-order valence-corrected chi connectivity index (χ3v) is 3.28. The van der Waals surface area contributed by atoms with Crippen molar-refractivity contribution in [2.24, 2.45) is 0 Å². The minimum atomic E-state index is -0.0531. The second-order valence-corrected chi connectivity index (χ2v) is 4.62. The highest BCUT2D eigenvalue weighted by atomic mass is 16.2. The fraction of sp³-hybridized carbons (Fsp3) is 0.286. The zero-order valence-electron chi connectivity index (χ0n) is 10.6. The van der Waals surface area contributed by atoms with Gasteiger partial charge in [0.1, 0.15) is 6.54 Å². The van der Waals surface area contributed by atoms with Crippen LogP contribution in [0.1, 0.15) is 11.1 Å². The molecule has 1 aliphatic rings. The van der Waals surface area contributed by atoms with Gasteiger partial charge in [-0.3, -0.25) is 9.48 Å². The van der Waals surface area contributed by atoms with Gasteiger partial charge < -0.3 is 10.6 Å². The summed E-state index contributed by atoms with van der Waals surface area (Å²) in [6.07, 6.45) is 4.46. The van der Waals surface area contributed by atoms with Gasteiger partial charge in [0.2, 0.25) is 5.91 Å². The molecule has 0 spiro atoms. The van der Waals surface area contributed by atoms with E-state index in [1.54, 1.807) is 17.1 Å². The molecule has 2 aromatic rings. The van der Waals surface area contributed by atoms with Crippen LogP contribution in [0.25, 0.3) is 0 Å². The molecule has 2 heterocycles. The largest absolute Gasteiger partial charge is 0.324 e. The molecule has 1 aromatic carbocycles. The van der Waals surface area contributed by atoms with Crippen molar-refractivity contribution < 1.29 is 4.79 Å². The first-order valence-corrected chi connectivity index (χ1v) is 6.42. The summed E-state index contributed by atoms with van der Waals surface area (Å²) in [5, 5.41) is 10.3. The lowest BCUT2D eigenvalue weighted by molar-refractivity contribution is -0.116. The van der Waals surface area contributed by atoms with Crippen LogP contribution in [0.5, 0.6) is 0 Å². The topological polar surface area (TPSA) is 59.0 Å². The second-order valence-electron chi connectivity index (χ2n) is 4.62. The first-order valence-electron chi connectivity index (χ1n) is 6.42. The molecule has 1 aliphatic heterocycles. The Hall–Kier alpha value is -2.14. The van der Waals surface area contributed by atoms with Crippen molar-refractivity contribution >= 4 is 11.6 Å². The van der Waals surface area contributed by atoms with Crippen molar-refractivity contribution in [3.8, 4) is 0 Å². The number of benzene rings is 1. The molecular weight excluding hydrogens is 240 g/mol. The Labute approximate surface area is 111 Å². The molecule has 0 bridgehead atoms. The van der Waals surface area contributed by atoms with E-state index in [2.05, 4.69) is 21.8 Å². The van der Waals surface area contributed by atoms with Crippen molar-refractivity contribution in [3.63, 3.8) is 0 Å². The molecule has 19 heavy (non-hydrogen) atoms. The van der Waals surface area contributed by atoms with Gasteiger partial charge in [-0.2, -0.15) is 5.10 Å². The number of hydrogen-bond acceptors (Lipinski definition) is 3. The maximum atomic E-state index is 12.0. The van der Waals surface area contributed by atoms with Crippen LogP contribution >= 0.6 is 0 Å². The summed E-state index contributed by atoms with van der Waals surface area (Å²) in [5.74, 6) is -0.0531. The van der Waals surface area contributed by atoms with Crippen LogP contribution in [0.2, 0.25) is 0 Å². The van der Waals surface area contributed by atoms with Gasteiger partial charge in [-0.05, 0) is 36.2 Å². The van der Waals surface area contributed by atoms with Gasteiger partial charge in [-0.25, -0.2) is 0 Å². The molecule has 5 heteroatoms. The van der Waals surface area contributed by atoms with Gasteiger partial charge in [0.15, 0.2) is 0 Å². The van der Waals surface area contributed by atoms with E-state index in [-0.39, 0.29) is 12.5 Å². The van der Waals surface area contributed by atoms with Crippen LogP contribution in [-0.4, -0.2) is 22.2 Å². The lowest BCUT2D eigenvalue weighted by Crippen LogP contribution is -2.26. The quantitative estimate of drug-likeness (QED) is 0.866. The molecule has 0 saturated carbocycles. The number of aromatic nitrogens is 2. The monoisotopic (exact) mass is 256 g/mol. The third-order valence-electron chi connectivity index (χ3n) is 3.28. The highest BCUT2D eigenvalue weighted by molar-refractivity contribution is 5.91. The molecule has 0 unspecified atom stereocenters. The average molecular weight is 256 g/mol. The van der Waals surface area contributed by atoms with E-state index in [1.165, 1.54) is 11.1 Å². The van der Waals surface area contributed by atoms with Crippen molar-refractivity contribution in [1.82, 2.24) is 15.1 Å². The van der Waals surface area contributed by atoms with Crippen molar-refractivity contribution in [2.75, 3.05) is 11.9 Å². The van der Waals surface area contributed by atoms with Gasteiger partial charge in [-0.1, -0.05) is 12.1 Å². The summed E-state index contributed by atoms with van der Waals surface area (Å²) in [6.45, 7) is 2.05. The number of fused-ring (bicyclic) bond motifs is 1. The average Bonchev–Trinajstić information content (AvgIpc) is 2.92. The van der Waals surface area contributed by atoms with E-state index in [0.29, 0.717) is 0 Å². The van der Waals surface area contributed by atoms with E-state index in [0.717, 1.165) is 25.2 Å². The molecule has 2 N–H and O–H groups in total. The Balaban J connectivity index is 1.74. The summed E-state index contributed by atoms with van der Waals surface area (Å²) in [4.78, 5) is 12.0. The third kappa shape index (κ3) is 2.66. The second kappa shape index (κ2) is 5.24. The normalized spacial score (nSPS) is 13.9. The van der Waals surface area contributed by atoms with Crippen LogP contribution in [0.15, 0.2) is 36.7 Å². The standard InChI is InChI=1S/C14H16N4O/c19-14(10-18-8-2-6-16-18)17-13-4-1-3-11-5-7-15-9-12(11)13/h1-4,6,8,15H,5,7,9-10H2,(H,17,19). The van der Waals surface area contributed by atoms with Gasteiger partial charge in [0.05, 0.1) is 0 Å². The predicted octanol–water partition coefficient (Wildman–Crippen LogP) is 1.17. The highest BCUT2D eigenvalue weighted by Gasteiger charge is 2.14. The maximum Gasteiger partial charge on any atom is 0.246 e. The SMILES string of the molecule is O=C(Cn1cccn1)Nc1cccc2c1CNCC2. The molecule has 0 radical (unpaired) electrons. The Morgan fingerprint density at radius 3 is 3.21 bits per heavy atom. The van der Waals surface area contributed by atoms with Crippen molar-refractivity contribution in [2.45, 2.75) is 19.5 Å². The van der Waals surface area contributed by atoms with Crippen LogP contribution in [0, 0.1) is 0 Å². The van der Waals surface area contributed by atoms with Gasteiger partial charge in [0, 0.05) is 24.6 Å². The first kappa shape index (κ1) is 11.9. The number of hydrogen-bond donors (Lipinski definition) is 2. The summed E-state index contributed by atoms with van der Waals surface area (Å²) in [6, 6.07) is 7.88. The number of amides is 1. The molecule has 3 rings (SSSR count). The Kier molecular flexibility index (Phi) is 3.29. The summed E-state index contributed by atoms with van der Waals surface area (Å²) in [7, 11) is 0. The molecular formula is C14H16N4O. The molecule has 0 aliphatic carbocycles. The number of anilines is 1. The molecule has 5 nitrogen and oxygen atoms in total.